The second-order valence-corrected chi connectivity index (χ2v) is 8.65. The summed E-state index contributed by atoms with van der Waals surface area (Å²) in [7, 11) is 0. The molecule has 0 aliphatic rings. The van der Waals surface area contributed by atoms with Crippen LogP contribution in [-0.2, 0) is 0 Å². The molecule has 0 aliphatic heterocycles. The first-order valence-electron chi connectivity index (χ1n) is 12.4. The molecule has 176 valence electrons. The van der Waals surface area contributed by atoms with Crippen molar-refractivity contribution in [3.05, 3.63) is 85.1 Å². The highest BCUT2D eigenvalue weighted by molar-refractivity contribution is 6.10. The van der Waals surface area contributed by atoms with Crippen LogP contribution >= 0.6 is 0 Å². The molecule has 0 atom stereocenters. The maximum absolute atomic E-state index is 5.24. The number of fused-ring (bicyclic) bond motifs is 3. The van der Waals surface area contributed by atoms with Crippen molar-refractivity contribution in [3.63, 3.8) is 0 Å². The first kappa shape index (κ1) is 22.9. The second kappa shape index (κ2) is 10.6. The first-order valence-corrected chi connectivity index (χ1v) is 12.4. The van der Waals surface area contributed by atoms with E-state index in [-0.39, 0.29) is 0 Å². The fourth-order valence-corrected chi connectivity index (χ4v) is 4.57. The third-order valence-corrected chi connectivity index (χ3v) is 6.49. The summed E-state index contributed by atoms with van der Waals surface area (Å²) in [5.74, 6) is 0. The van der Waals surface area contributed by atoms with Crippen molar-refractivity contribution < 1.29 is 0 Å². The van der Waals surface area contributed by atoms with Crippen LogP contribution in [0.4, 0.5) is 5.69 Å². The van der Waals surface area contributed by atoms with Gasteiger partial charge in [0.2, 0.25) is 0 Å². The lowest BCUT2D eigenvalue weighted by atomic mass is 10.0. The Labute approximate surface area is 206 Å². The highest BCUT2D eigenvalue weighted by atomic mass is 15.1. The minimum absolute atomic E-state index is 0.871. The smallest absolute Gasteiger partial charge is 0.101 e. The molecule has 0 saturated heterocycles. The number of hydrogen-bond acceptors (Lipinski definition) is 5. The van der Waals surface area contributed by atoms with Crippen LogP contribution in [0.3, 0.4) is 0 Å². The molecule has 0 fully saturated rings. The third kappa shape index (κ3) is 4.86. The molecule has 0 spiro atoms. The van der Waals surface area contributed by atoms with E-state index in [0.29, 0.717) is 0 Å². The van der Waals surface area contributed by atoms with E-state index in [1.165, 1.54) is 0 Å². The molecule has 5 heteroatoms. The van der Waals surface area contributed by atoms with Crippen LogP contribution in [0.25, 0.3) is 44.5 Å². The van der Waals surface area contributed by atoms with Gasteiger partial charge in [-0.2, -0.15) is 0 Å². The van der Waals surface area contributed by atoms with E-state index in [4.69, 9.17) is 9.97 Å². The largest absolute Gasteiger partial charge is 0.384 e. The van der Waals surface area contributed by atoms with Crippen molar-refractivity contribution in [2.24, 2.45) is 0 Å². The molecule has 0 radical (unpaired) electrons. The Balaban J connectivity index is 1.62. The number of nitrogens with zero attached hydrogens (tertiary/aromatic N) is 4. The van der Waals surface area contributed by atoms with Gasteiger partial charge in [0.05, 0.1) is 27.8 Å². The van der Waals surface area contributed by atoms with Gasteiger partial charge >= 0.3 is 0 Å². The van der Waals surface area contributed by atoms with Gasteiger partial charge in [-0.05, 0) is 44.3 Å². The Bertz CT molecular complexity index is 1410. The predicted octanol–water partition coefficient (Wildman–Crippen LogP) is 6.66. The molecule has 5 nitrogen and oxygen atoms in total. The average Bonchev–Trinajstić information content (AvgIpc) is 2.93. The lowest BCUT2D eigenvalue weighted by Gasteiger charge is -2.18. The molecule has 0 saturated carbocycles. The van der Waals surface area contributed by atoms with Gasteiger partial charge in [-0.1, -0.05) is 74.5 Å². The molecule has 5 aromatic rings. The lowest BCUT2D eigenvalue weighted by molar-refractivity contribution is 0.303. The molecule has 1 N–H and O–H groups in total. The van der Waals surface area contributed by atoms with E-state index in [9.17, 15) is 0 Å². The molecule has 2 aromatic heterocycles. The van der Waals surface area contributed by atoms with E-state index in [0.717, 1.165) is 82.7 Å². The summed E-state index contributed by atoms with van der Waals surface area (Å²) < 4.78 is 0. The molecular formula is C30H31N5. The summed E-state index contributed by atoms with van der Waals surface area (Å²) in [5, 5.41) is 4.68. The zero-order valence-corrected chi connectivity index (χ0v) is 20.4. The second-order valence-electron chi connectivity index (χ2n) is 8.65. The molecule has 0 bridgehead atoms. The number of benzene rings is 3. The van der Waals surface area contributed by atoms with Crippen molar-refractivity contribution >= 4 is 27.6 Å². The Morgan fingerprint density at radius 2 is 1.34 bits per heavy atom. The van der Waals surface area contributed by atoms with Gasteiger partial charge in [0.15, 0.2) is 0 Å². The van der Waals surface area contributed by atoms with Gasteiger partial charge in [0.1, 0.15) is 5.52 Å². The summed E-state index contributed by atoms with van der Waals surface area (Å²) in [6, 6.07) is 26.7. The number of pyridine rings is 1. The van der Waals surface area contributed by atoms with E-state index in [2.05, 4.69) is 53.3 Å². The Morgan fingerprint density at radius 3 is 2.00 bits per heavy atom. The number of rotatable bonds is 9. The van der Waals surface area contributed by atoms with Crippen LogP contribution in [-0.4, -0.2) is 46.0 Å². The standard InChI is InChI=1S/C30H31N5/c1-3-35(4-2)21-11-19-31-25-18-20-32-24-16-17-26-30(27(24)25)34-29(23-14-9-6-10-15-23)28(33-26)22-12-7-5-8-13-22/h5-10,12-18,20H,3-4,11,19,21H2,1-2H3,(H,31,32). The summed E-state index contributed by atoms with van der Waals surface area (Å²) in [6.07, 6.45) is 2.94. The van der Waals surface area contributed by atoms with Gasteiger partial charge in [-0.15, -0.1) is 0 Å². The lowest BCUT2D eigenvalue weighted by Crippen LogP contribution is -2.25. The van der Waals surface area contributed by atoms with Crippen LogP contribution in [0.2, 0.25) is 0 Å². The SMILES string of the molecule is CCN(CC)CCCNc1ccnc2ccc3nc(-c4ccccc4)c(-c4ccccc4)nc3c12. The Kier molecular flexibility index (Phi) is 6.96. The van der Waals surface area contributed by atoms with Gasteiger partial charge < -0.3 is 10.2 Å². The minimum Gasteiger partial charge on any atom is -0.384 e. The Hall–Kier alpha value is -3.83. The van der Waals surface area contributed by atoms with E-state index < -0.39 is 0 Å². The molecule has 0 amide bonds. The quantitative estimate of drug-likeness (QED) is 0.197. The van der Waals surface area contributed by atoms with Crippen molar-refractivity contribution in [2.45, 2.75) is 20.3 Å². The van der Waals surface area contributed by atoms with Gasteiger partial charge in [0.25, 0.3) is 0 Å². The monoisotopic (exact) mass is 461 g/mol. The van der Waals surface area contributed by atoms with Gasteiger partial charge in [-0.25, -0.2) is 9.97 Å². The van der Waals surface area contributed by atoms with Crippen molar-refractivity contribution in [3.8, 4) is 22.5 Å². The molecule has 5 rings (SSSR count). The van der Waals surface area contributed by atoms with Gasteiger partial charge in [-0.3, -0.25) is 4.98 Å². The van der Waals surface area contributed by atoms with Crippen molar-refractivity contribution in [1.29, 1.82) is 0 Å². The Morgan fingerprint density at radius 1 is 0.714 bits per heavy atom. The summed E-state index contributed by atoms with van der Waals surface area (Å²) in [5.41, 5.74) is 7.61. The van der Waals surface area contributed by atoms with Crippen molar-refractivity contribution in [2.75, 3.05) is 31.5 Å². The number of anilines is 1. The predicted molar refractivity (Wildman–Crippen MR) is 147 cm³/mol. The average molecular weight is 462 g/mol. The summed E-state index contributed by atoms with van der Waals surface area (Å²) >= 11 is 0. The van der Waals surface area contributed by atoms with Crippen LogP contribution in [0.1, 0.15) is 20.3 Å². The maximum atomic E-state index is 5.24. The third-order valence-electron chi connectivity index (χ3n) is 6.49. The first-order chi connectivity index (χ1) is 17.3. The topological polar surface area (TPSA) is 53.9 Å². The minimum atomic E-state index is 0.871. The fourth-order valence-electron chi connectivity index (χ4n) is 4.57. The number of aromatic nitrogens is 3. The van der Waals surface area contributed by atoms with E-state index >= 15 is 0 Å². The highest BCUT2D eigenvalue weighted by Gasteiger charge is 2.16. The van der Waals surface area contributed by atoms with Crippen LogP contribution in [0.5, 0.6) is 0 Å². The molecule has 0 unspecified atom stereocenters. The molecule has 0 aliphatic carbocycles. The maximum Gasteiger partial charge on any atom is 0.101 e. The molecular weight excluding hydrogens is 430 g/mol. The molecule has 2 heterocycles. The number of nitrogens with one attached hydrogen (secondary N) is 1. The van der Waals surface area contributed by atoms with Crippen LogP contribution in [0.15, 0.2) is 85.1 Å². The van der Waals surface area contributed by atoms with Crippen molar-refractivity contribution in [1.82, 2.24) is 19.9 Å². The van der Waals surface area contributed by atoms with Gasteiger partial charge in [0, 0.05) is 29.6 Å². The number of hydrogen-bond donors (Lipinski definition) is 1. The van der Waals surface area contributed by atoms with E-state index in [1.807, 2.05) is 60.8 Å². The highest BCUT2D eigenvalue weighted by Crippen LogP contribution is 2.35. The van der Waals surface area contributed by atoms with E-state index in [1.54, 1.807) is 0 Å². The van der Waals surface area contributed by atoms with Crippen LogP contribution in [0, 0.1) is 0 Å². The molecule has 35 heavy (non-hydrogen) atoms. The molecule has 3 aromatic carbocycles. The zero-order valence-electron chi connectivity index (χ0n) is 20.4. The normalized spacial score (nSPS) is 11.4. The zero-order chi connectivity index (χ0) is 24.0. The van der Waals surface area contributed by atoms with Crippen LogP contribution < -0.4 is 5.32 Å². The fraction of sp³-hybridized carbons (Fsp3) is 0.233. The summed E-state index contributed by atoms with van der Waals surface area (Å²) in [6.45, 7) is 8.58. The summed E-state index contributed by atoms with van der Waals surface area (Å²) in [4.78, 5) is 17.5.